The maximum atomic E-state index is 12.3. The summed E-state index contributed by atoms with van der Waals surface area (Å²) in [6.07, 6.45) is 3.85. The molecule has 0 saturated heterocycles. The Morgan fingerprint density at radius 3 is 2.50 bits per heavy atom. The molecule has 0 spiro atoms. The van der Waals surface area contributed by atoms with E-state index in [1.54, 1.807) is 6.20 Å². The Bertz CT molecular complexity index is 924. The highest BCUT2D eigenvalue weighted by atomic mass is 35.5. The number of aromatic nitrogens is 2. The van der Waals surface area contributed by atoms with E-state index in [4.69, 9.17) is 11.6 Å². The lowest BCUT2D eigenvalue weighted by molar-refractivity contribution is 0.102. The van der Waals surface area contributed by atoms with Gasteiger partial charge in [0.25, 0.3) is 5.91 Å². The Morgan fingerprint density at radius 2 is 1.86 bits per heavy atom. The summed E-state index contributed by atoms with van der Waals surface area (Å²) in [4.78, 5) is 20.8. The van der Waals surface area contributed by atoms with Crippen molar-refractivity contribution in [2.24, 2.45) is 0 Å². The number of benzene rings is 2. The van der Waals surface area contributed by atoms with Gasteiger partial charge >= 0.3 is 0 Å². The van der Waals surface area contributed by atoms with Crippen molar-refractivity contribution in [3.05, 3.63) is 82.8 Å². The normalized spacial score (nSPS) is 10.7. The number of hydrogen-bond donors (Lipinski definition) is 2. The molecule has 144 valence electrons. The highest BCUT2D eigenvalue weighted by molar-refractivity contribution is 6.30. The van der Waals surface area contributed by atoms with E-state index in [-0.39, 0.29) is 11.6 Å². The van der Waals surface area contributed by atoms with E-state index < -0.39 is 0 Å². The number of carbonyl (C=O) groups is 1. The minimum Gasteiger partial charge on any atom is -0.368 e. The average Bonchev–Trinajstić information content (AvgIpc) is 2.69. The summed E-state index contributed by atoms with van der Waals surface area (Å²) in [5, 5.41) is 6.76. The lowest BCUT2D eigenvalue weighted by Gasteiger charge is -2.09. The third-order valence-electron chi connectivity index (χ3n) is 4.33. The van der Waals surface area contributed by atoms with Crippen LogP contribution in [0.4, 0.5) is 11.5 Å². The van der Waals surface area contributed by atoms with E-state index in [1.807, 2.05) is 48.5 Å². The molecule has 28 heavy (non-hydrogen) atoms. The second-order valence-electron chi connectivity index (χ2n) is 6.82. The minimum atomic E-state index is -0.282. The maximum Gasteiger partial charge on any atom is 0.275 e. The summed E-state index contributed by atoms with van der Waals surface area (Å²) in [6, 6.07) is 15.6. The molecule has 1 amide bonds. The Labute approximate surface area is 170 Å². The van der Waals surface area contributed by atoms with Gasteiger partial charge in [0, 0.05) is 17.3 Å². The van der Waals surface area contributed by atoms with Crippen LogP contribution in [0.15, 0.2) is 60.9 Å². The van der Waals surface area contributed by atoms with E-state index in [0.29, 0.717) is 18.3 Å². The number of nitrogens with zero attached hydrogens (tertiary/aromatic N) is 2. The number of amides is 1. The highest BCUT2D eigenvalue weighted by Crippen LogP contribution is 2.17. The first-order chi connectivity index (χ1) is 13.5. The average molecular weight is 395 g/mol. The van der Waals surface area contributed by atoms with Gasteiger partial charge in [-0.1, -0.05) is 49.7 Å². The summed E-state index contributed by atoms with van der Waals surface area (Å²) < 4.78 is 0. The number of hydrogen-bond acceptors (Lipinski definition) is 4. The maximum absolute atomic E-state index is 12.3. The first-order valence-corrected chi connectivity index (χ1v) is 9.61. The van der Waals surface area contributed by atoms with Gasteiger partial charge in [0.2, 0.25) is 0 Å². The molecule has 0 aliphatic carbocycles. The summed E-state index contributed by atoms with van der Waals surface area (Å²) in [5.41, 5.74) is 3.38. The molecule has 0 fully saturated rings. The van der Waals surface area contributed by atoms with Crippen molar-refractivity contribution in [1.29, 1.82) is 0 Å². The van der Waals surface area contributed by atoms with Gasteiger partial charge in [-0.25, -0.2) is 9.97 Å². The molecule has 3 rings (SSSR count). The van der Waals surface area contributed by atoms with Gasteiger partial charge in [-0.3, -0.25) is 4.79 Å². The van der Waals surface area contributed by atoms with Crippen molar-refractivity contribution in [2.75, 3.05) is 17.2 Å². The minimum absolute atomic E-state index is 0.272. The van der Waals surface area contributed by atoms with Crippen molar-refractivity contribution in [1.82, 2.24) is 9.97 Å². The van der Waals surface area contributed by atoms with Crippen LogP contribution in [0.2, 0.25) is 5.02 Å². The monoisotopic (exact) mass is 394 g/mol. The second-order valence-corrected chi connectivity index (χ2v) is 7.26. The summed E-state index contributed by atoms with van der Waals surface area (Å²) in [5.74, 6) is 0.796. The standard InChI is InChI=1S/C22H23ClN4O/c1-15(2)17-6-8-19(9-7-17)27-22(28)20-13-26-21(14-25-20)24-11-10-16-4-3-5-18(23)12-16/h3-9,12-15H,10-11H2,1-2H3,(H,24,26)(H,27,28). The number of carbonyl (C=O) groups excluding carboxylic acids is 1. The zero-order valence-corrected chi connectivity index (χ0v) is 16.7. The van der Waals surface area contributed by atoms with Crippen molar-refractivity contribution in [2.45, 2.75) is 26.2 Å². The van der Waals surface area contributed by atoms with Crippen molar-refractivity contribution in [3.8, 4) is 0 Å². The highest BCUT2D eigenvalue weighted by Gasteiger charge is 2.09. The molecule has 2 aromatic carbocycles. The van der Waals surface area contributed by atoms with Gasteiger partial charge in [0.15, 0.2) is 0 Å². The van der Waals surface area contributed by atoms with Crippen LogP contribution in [-0.2, 0) is 6.42 Å². The summed E-state index contributed by atoms with van der Waals surface area (Å²) in [7, 11) is 0. The topological polar surface area (TPSA) is 66.9 Å². The van der Waals surface area contributed by atoms with E-state index >= 15 is 0 Å². The van der Waals surface area contributed by atoms with Crippen LogP contribution in [0.3, 0.4) is 0 Å². The van der Waals surface area contributed by atoms with Gasteiger partial charge in [0.1, 0.15) is 11.5 Å². The molecular weight excluding hydrogens is 372 g/mol. The van der Waals surface area contributed by atoms with Crippen LogP contribution in [0.5, 0.6) is 0 Å². The predicted octanol–water partition coefficient (Wildman–Crippen LogP) is 5.16. The van der Waals surface area contributed by atoms with Crippen LogP contribution >= 0.6 is 11.6 Å². The molecule has 0 saturated carbocycles. The molecule has 0 unspecified atom stereocenters. The van der Waals surface area contributed by atoms with Crippen LogP contribution in [-0.4, -0.2) is 22.4 Å². The zero-order chi connectivity index (χ0) is 19.9. The number of nitrogens with one attached hydrogen (secondary N) is 2. The van der Waals surface area contributed by atoms with E-state index in [0.717, 1.165) is 22.7 Å². The predicted molar refractivity (Wildman–Crippen MR) is 114 cm³/mol. The fourth-order valence-corrected chi connectivity index (χ4v) is 2.92. The van der Waals surface area contributed by atoms with E-state index in [1.165, 1.54) is 11.8 Å². The van der Waals surface area contributed by atoms with Gasteiger partial charge in [0.05, 0.1) is 12.4 Å². The Kier molecular flexibility index (Phi) is 6.61. The van der Waals surface area contributed by atoms with Crippen LogP contribution in [0, 0.1) is 0 Å². The number of halogens is 1. The van der Waals surface area contributed by atoms with Crippen LogP contribution < -0.4 is 10.6 Å². The van der Waals surface area contributed by atoms with Crippen molar-refractivity contribution >= 4 is 29.0 Å². The lowest BCUT2D eigenvalue weighted by atomic mass is 10.0. The molecule has 6 heteroatoms. The smallest absolute Gasteiger partial charge is 0.275 e. The van der Waals surface area contributed by atoms with Crippen LogP contribution in [0.1, 0.15) is 41.4 Å². The third-order valence-corrected chi connectivity index (χ3v) is 4.56. The fraction of sp³-hybridized carbons (Fsp3) is 0.227. The van der Waals surface area contributed by atoms with Gasteiger partial charge < -0.3 is 10.6 Å². The SMILES string of the molecule is CC(C)c1ccc(NC(=O)c2cnc(NCCc3cccc(Cl)c3)cn2)cc1. The van der Waals surface area contributed by atoms with Gasteiger partial charge in [-0.15, -0.1) is 0 Å². The zero-order valence-electron chi connectivity index (χ0n) is 15.9. The number of anilines is 2. The summed E-state index contributed by atoms with van der Waals surface area (Å²) >= 11 is 5.99. The lowest BCUT2D eigenvalue weighted by Crippen LogP contribution is -2.15. The molecule has 1 aromatic heterocycles. The van der Waals surface area contributed by atoms with E-state index in [2.05, 4.69) is 34.4 Å². The van der Waals surface area contributed by atoms with Gasteiger partial charge in [-0.05, 0) is 47.7 Å². The molecule has 2 N–H and O–H groups in total. The molecule has 5 nitrogen and oxygen atoms in total. The fourth-order valence-electron chi connectivity index (χ4n) is 2.71. The molecule has 0 aliphatic heterocycles. The van der Waals surface area contributed by atoms with Crippen LogP contribution in [0.25, 0.3) is 0 Å². The number of rotatable bonds is 7. The quantitative estimate of drug-likeness (QED) is 0.580. The molecule has 0 bridgehead atoms. The first-order valence-electron chi connectivity index (χ1n) is 9.23. The Balaban J connectivity index is 1.52. The third kappa shape index (κ3) is 5.54. The van der Waals surface area contributed by atoms with Gasteiger partial charge in [-0.2, -0.15) is 0 Å². The molecule has 3 aromatic rings. The second kappa shape index (κ2) is 9.33. The molecule has 0 atom stereocenters. The molecule has 0 radical (unpaired) electrons. The first kappa shape index (κ1) is 19.8. The molecular formula is C22H23ClN4O. The molecule has 1 heterocycles. The Morgan fingerprint density at radius 1 is 1.07 bits per heavy atom. The molecule has 0 aliphatic rings. The largest absolute Gasteiger partial charge is 0.368 e. The van der Waals surface area contributed by atoms with E-state index in [9.17, 15) is 4.79 Å². The van der Waals surface area contributed by atoms with Crippen molar-refractivity contribution in [3.63, 3.8) is 0 Å². The summed E-state index contributed by atoms with van der Waals surface area (Å²) in [6.45, 7) is 4.96. The Hall–Kier alpha value is -2.92. The van der Waals surface area contributed by atoms with Crippen molar-refractivity contribution < 1.29 is 4.79 Å².